The van der Waals surface area contributed by atoms with Crippen molar-refractivity contribution in [3.63, 3.8) is 0 Å². The third-order valence-corrected chi connectivity index (χ3v) is 8.75. The molecule has 2 aliphatic rings. The molecule has 2 unspecified atom stereocenters. The van der Waals surface area contributed by atoms with Gasteiger partial charge in [0.1, 0.15) is 0 Å². The fraction of sp³-hybridized carbons (Fsp3) is 0.591. The standard InChI is InChI=1S/C19H31N2Si.3CH3.Ti/c1-19(2,3)20-22(4,5)18-14-17(21-12-8-9-13-21)15-10-6-7-11-16(15)18;;;;/h6-7,10-11,17-18H,8-9,12-14H2,1-5H3;3*1H3;/q3*-1;+1;+2. The maximum absolute atomic E-state index is 5.30. The zero-order chi connectivity index (χ0) is 16.0. The maximum atomic E-state index is 5.30. The Kier molecular flexibility index (Phi) is 11.3. The second kappa shape index (κ2) is 10.5. The number of rotatable bonds is 3. The van der Waals surface area contributed by atoms with Gasteiger partial charge in [0.15, 0.2) is 0 Å². The molecule has 0 bridgehead atoms. The van der Waals surface area contributed by atoms with E-state index in [1.807, 2.05) is 0 Å². The monoisotopic (exact) mass is 408 g/mol. The van der Waals surface area contributed by atoms with Gasteiger partial charge in [0.05, 0.1) is 0 Å². The summed E-state index contributed by atoms with van der Waals surface area (Å²) in [6.45, 7) is 14.2. The largest absolute Gasteiger partial charge is 2.00 e. The first kappa shape index (κ1) is 28.2. The van der Waals surface area contributed by atoms with Crippen LogP contribution >= 0.6 is 0 Å². The quantitative estimate of drug-likeness (QED) is 0.408. The van der Waals surface area contributed by atoms with Crippen molar-refractivity contribution in [2.75, 3.05) is 13.1 Å². The van der Waals surface area contributed by atoms with Gasteiger partial charge < -0.3 is 19.8 Å². The van der Waals surface area contributed by atoms with Crippen LogP contribution in [0.1, 0.15) is 62.7 Å². The van der Waals surface area contributed by atoms with Gasteiger partial charge in [0.25, 0.3) is 0 Å². The molecule has 2 atom stereocenters. The van der Waals surface area contributed by atoms with Crippen molar-refractivity contribution in [2.45, 2.75) is 70.2 Å². The molecule has 3 rings (SSSR count). The predicted molar refractivity (Wildman–Crippen MR) is 117 cm³/mol. The first-order valence-corrected chi connectivity index (χ1v) is 11.9. The average molecular weight is 409 g/mol. The van der Waals surface area contributed by atoms with Gasteiger partial charge in [0, 0.05) is 13.5 Å². The Labute approximate surface area is 180 Å². The van der Waals surface area contributed by atoms with Gasteiger partial charge in [-0.05, 0) is 49.0 Å². The second-order valence-corrected chi connectivity index (χ2v) is 12.8. The molecule has 0 N–H and O–H groups in total. The molecule has 2 nitrogen and oxygen atoms in total. The zero-order valence-corrected chi connectivity index (χ0v) is 21.0. The molecule has 1 aromatic carbocycles. The summed E-state index contributed by atoms with van der Waals surface area (Å²) >= 11 is 0. The normalized spacial score (nSPS) is 22.3. The van der Waals surface area contributed by atoms with Crippen molar-refractivity contribution in [1.29, 1.82) is 0 Å². The topological polar surface area (TPSA) is 17.3 Å². The summed E-state index contributed by atoms with van der Waals surface area (Å²) in [5.74, 6) is 0. The third-order valence-electron chi connectivity index (χ3n) is 5.25. The van der Waals surface area contributed by atoms with Crippen molar-refractivity contribution in [2.24, 2.45) is 0 Å². The summed E-state index contributed by atoms with van der Waals surface area (Å²) in [7, 11) is -1.65. The SMILES string of the molecule is CC(C)(C)[N-][Si](C)(C)C1CC(N2CCCC2)c2ccccc21.[CH3+].[CH3-].[CH3-].[Ti+2]. The van der Waals surface area contributed by atoms with Crippen molar-refractivity contribution in [1.82, 2.24) is 4.90 Å². The van der Waals surface area contributed by atoms with E-state index in [9.17, 15) is 0 Å². The average Bonchev–Trinajstić information content (AvgIpc) is 3.02. The van der Waals surface area contributed by atoms with Gasteiger partial charge in [-0.25, -0.2) is 0 Å². The van der Waals surface area contributed by atoms with Gasteiger partial charge in [-0.2, -0.15) is 0 Å². The molecule has 1 aliphatic heterocycles. The van der Waals surface area contributed by atoms with E-state index in [2.05, 4.69) is 63.0 Å². The minimum absolute atomic E-state index is 0. The summed E-state index contributed by atoms with van der Waals surface area (Å²) in [5, 5.41) is 0. The van der Waals surface area contributed by atoms with E-state index in [1.54, 1.807) is 11.1 Å². The van der Waals surface area contributed by atoms with Gasteiger partial charge in [0.2, 0.25) is 0 Å². The Hall–Kier alpha value is -0.0588. The Morgan fingerprint density at radius 3 is 2.00 bits per heavy atom. The number of hydrogen-bond acceptors (Lipinski definition) is 1. The summed E-state index contributed by atoms with van der Waals surface area (Å²) < 4.78 is 0. The van der Waals surface area contributed by atoms with Crippen LogP contribution < -0.4 is 0 Å². The Morgan fingerprint density at radius 1 is 1.00 bits per heavy atom. The third kappa shape index (κ3) is 5.97. The van der Waals surface area contributed by atoms with Gasteiger partial charge in [-0.1, -0.05) is 66.4 Å². The molecule has 0 aromatic heterocycles. The van der Waals surface area contributed by atoms with Crippen molar-refractivity contribution in [3.8, 4) is 0 Å². The summed E-state index contributed by atoms with van der Waals surface area (Å²) in [4.78, 5) is 8.03. The number of hydrogen-bond donors (Lipinski definition) is 0. The van der Waals surface area contributed by atoms with E-state index < -0.39 is 8.24 Å². The van der Waals surface area contributed by atoms with Crippen molar-refractivity contribution < 1.29 is 21.7 Å². The second-order valence-electron chi connectivity index (χ2n) is 8.61. The molecule has 1 heterocycles. The minimum Gasteiger partial charge on any atom is -0.659 e. The van der Waals surface area contributed by atoms with E-state index >= 15 is 0 Å². The van der Waals surface area contributed by atoms with Crippen LogP contribution in [0.3, 0.4) is 0 Å². The first-order chi connectivity index (χ1) is 10.3. The number of benzene rings is 1. The molecule has 4 heteroatoms. The van der Waals surface area contributed by atoms with Gasteiger partial charge in [-0.3, -0.25) is 4.90 Å². The van der Waals surface area contributed by atoms with Crippen molar-refractivity contribution >= 4 is 8.24 Å². The van der Waals surface area contributed by atoms with E-state index in [4.69, 9.17) is 4.98 Å². The van der Waals surface area contributed by atoms with Crippen LogP contribution in [0.2, 0.25) is 13.1 Å². The van der Waals surface area contributed by atoms with Crippen LogP contribution in [-0.2, 0) is 21.7 Å². The van der Waals surface area contributed by atoms with E-state index in [0.29, 0.717) is 11.6 Å². The molecule has 1 fully saturated rings. The number of likely N-dealkylation sites (tertiary alicyclic amines) is 1. The maximum Gasteiger partial charge on any atom is 2.00 e. The van der Waals surface area contributed by atoms with Crippen LogP contribution in [0.5, 0.6) is 0 Å². The van der Waals surface area contributed by atoms with Crippen LogP contribution in [0, 0.1) is 22.3 Å². The summed E-state index contributed by atoms with van der Waals surface area (Å²) in [5.41, 5.74) is 3.95. The molecule has 0 radical (unpaired) electrons. The molecular formula is C22H40N2SiTi. The number of nitrogens with zero attached hydrogens (tertiary/aromatic N) is 2. The molecule has 0 spiro atoms. The summed E-state index contributed by atoms with van der Waals surface area (Å²) in [6, 6.07) is 9.84. The van der Waals surface area contributed by atoms with E-state index in [1.165, 1.54) is 32.4 Å². The van der Waals surface area contributed by atoms with E-state index in [0.717, 1.165) is 0 Å². The number of fused-ring (bicyclic) bond motifs is 1. The molecule has 0 saturated carbocycles. The minimum atomic E-state index is -1.65. The van der Waals surface area contributed by atoms with Gasteiger partial charge >= 0.3 is 21.7 Å². The van der Waals surface area contributed by atoms with Crippen LogP contribution in [0.15, 0.2) is 24.3 Å². The van der Waals surface area contributed by atoms with Crippen LogP contribution in [-0.4, -0.2) is 31.8 Å². The molecular weight excluding hydrogens is 368 g/mol. The molecule has 26 heavy (non-hydrogen) atoms. The predicted octanol–water partition coefficient (Wildman–Crippen LogP) is 6.58. The van der Waals surface area contributed by atoms with E-state index in [-0.39, 0.29) is 49.5 Å². The van der Waals surface area contributed by atoms with Crippen molar-refractivity contribution in [3.05, 3.63) is 62.7 Å². The molecule has 0 amide bonds. The Morgan fingerprint density at radius 2 is 1.50 bits per heavy atom. The molecule has 1 saturated heterocycles. The summed E-state index contributed by atoms with van der Waals surface area (Å²) in [6.07, 6.45) is 4.03. The molecule has 1 aliphatic carbocycles. The van der Waals surface area contributed by atoms with Crippen LogP contribution in [0.4, 0.5) is 0 Å². The fourth-order valence-corrected chi connectivity index (χ4v) is 8.33. The zero-order valence-electron chi connectivity index (χ0n) is 18.4. The molecule has 146 valence electrons. The fourth-order valence-electron chi connectivity index (χ4n) is 4.62. The smallest absolute Gasteiger partial charge is 0.659 e. The Balaban J connectivity index is 0. The van der Waals surface area contributed by atoms with Gasteiger partial charge in [-0.15, -0.1) is 5.54 Å². The molecule has 1 aromatic rings. The first-order valence-electron chi connectivity index (χ1n) is 8.85. The van der Waals surface area contributed by atoms with Crippen LogP contribution in [0.25, 0.3) is 4.98 Å². The Bertz CT molecular complexity index is 533.